The van der Waals surface area contributed by atoms with Crippen LogP contribution in [-0.4, -0.2) is 19.7 Å². The number of rotatable bonds is 5. The summed E-state index contributed by atoms with van der Waals surface area (Å²) in [4.78, 5) is 11.8. The SMILES string of the molecule is CCOc1ccccc1Oc1c(N)cccc1C(=O)OC. The zero-order valence-electron chi connectivity index (χ0n) is 12.0. The minimum atomic E-state index is -0.508. The highest BCUT2D eigenvalue weighted by molar-refractivity contribution is 5.94. The van der Waals surface area contributed by atoms with Gasteiger partial charge in [-0.05, 0) is 31.2 Å². The molecule has 0 amide bonds. The summed E-state index contributed by atoms with van der Waals surface area (Å²) in [5, 5.41) is 0. The zero-order valence-corrected chi connectivity index (χ0v) is 12.0. The second-order valence-electron chi connectivity index (χ2n) is 4.20. The van der Waals surface area contributed by atoms with Crippen LogP contribution in [0.25, 0.3) is 0 Å². The number of para-hydroxylation sites is 3. The fourth-order valence-electron chi connectivity index (χ4n) is 1.86. The number of benzene rings is 2. The van der Waals surface area contributed by atoms with Gasteiger partial charge in [-0.15, -0.1) is 0 Å². The maximum Gasteiger partial charge on any atom is 0.341 e. The molecule has 0 saturated carbocycles. The number of nitrogen functional groups attached to an aromatic ring is 1. The lowest BCUT2D eigenvalue weighted by atomic mass is 10.1. The van der Waals surface area contributed by atoms with E-state index in [1.807, 2.05) is 19.1 Å². The first kappa shape index (κ1) is 14.7. The molecule has 0 heterocycles. The Hall–Kier alpha value is -2.69. The first-order chi connectivity index (χ1) is 10.2. The van der Waals surface area contributed by atoms with Crippen LogP contribution in [0.4, 0.5) is 5.69 Å². The van der Waals surface area contributed by atoms with E-state index in [1.165, 1.54) is 7.11 Å². The van der Waals surface area contributed by atoms with Crippen molar-refractivity contribution in [2.24, 2.45) is 0 Å². The number of carbonyl (C=O) groups is 1. The van der Waals surface area contributed by atoms with Gasteiger partial charge in [-0.2, -0.15) is 0 Å². The average Bonchev–Trinajstić information content (AvgIpc) is 2.50. The van der Waals surface area contributed by atoms with Gasteiger partial charge in [-0.3, -0.25) is 0 Å². The van der Waals surface area contributed by atoms with E-state index < -0.39 is 5.97 Å². The van der Waals surface area contributed by atoms with Crippen LogP contribution in [0.1, 0.15) is 17.3 Å². The molecule has 0 spiro atoms. The molecule has 0 atom stereocenters. The maximum absolute atomic E-state index is 11.8. The fraction of sp³-hybridized carbons (Fsp3) is 0.188. The molecule has 0 unspecified atom stereocenters. The topological polar surface area (TPSA) is 70.8 Å². The number of carbonyl (C=O) groups excluding carboxylic acids is 1. The van der Waals surface area contributed by atoms with Crippen LogP contribution < -0.4 is 15.2 Å². The molecule has 0 bridgehead atoms. The predicted molar refractivity (Wildman–Crippen MR) is 79.9 cm³/mol. The minimum Gasteiger partial charge on any atom is -0.490 e. The molecule has 0 aromatic heterocycles. The molecule has 2 aromatic rings. The van der Waals surface area contributed by atoms with E-state index in [1.54, 1.807) is 30.3 Å². The lowest BCUT2D eigenvalue weighted by Crippen LogP contribution is -2.06. The standard InChI is InChI=1S/C16H17NO4/c1-3-20-13-9-4-5-10-14(13)21-15-11(16(18)19-2)7-6-8-12(15)17/h4-10H,3,17H2,1-2H3. The maximum atomic E-state index is 11.8. The fourth-order valence-corrected chi connectivity index (χ4v) is 1.86. The van der Waals surface area contributed by atoms with Crippen molar-refractivity contribution >= 4 is 11.7 Å². The number of hydrogen-bond donors (Lipinski definition) is 1. The molecule has 0 fully saturated rings. The van der Waals surface area contributed by atoms with Gasteiger partial charge in [0.2, 0.25) is 0 Å². The molecule has 2 N–H and O–H groups in total. The van der Waals surface area contributed by atoms with E-state index in [0.717, 1.165) is 0 Å². The molecule has 0 radical (unpaired) electrons. The predicted octanol–water partition coefficient (Wildman–Crippen LogP) is 3.25. The Morgan fingerprint density at radius 1 is 1.10 bits per heavy atom. The molecule has 2 aromatic carbocycles. The molecule has 110 valence electrons. The molecule has 0 saturated heterocycles. The minimum absolute atomic E-state index is 0.261. The van der Waals surface area contributed by atoms with Crippen molar-refractivity contribution in [2.75, 3.05) is 19.5 Å². The van der Waals surface area contributed by atoms with E-state index in [4.69, 9.17) is 19.9 Å². The third-order valence-corrected chi connectivity index (χ3v) is 2.81. The average molecular weight is 287 g/mol. The highest BCUT2D eigenvalue weighted by Crippen LogP contribution is 2.36. The number of hydrogen-bond acceptors (Lipinski definition) is 5. The second kappa shape index (κ2) is 6.65. The van der Waals surface area contributed by atoms with Crippen molar-refractivity contribution in [1.29, 1.82) is 0 Å². The van der Waals surface area contributed by atoms with E-state index in [-0.39, 0.29) is 11.3 Å². The first-order valence-corrected chi connectivity index (χ1v) is 6.53. The summed E-state index contributed by atoms with van der Waals surface area (Å²) in [5.41, 5.74) is 6.53. The van der Waals surface area contributed by atoms with Gasteiger partial charge in [0.05, 0.1) is 19.4 Å². The largest absolute Gasteiger partial charge is 0.490 e. The van der Waals surface area contributed by atoms with Crippen LogP contribution in [-0.2, 0) is 4.74 Å². The summed E-state index contributed by atoms with van der Waals surface area (Å²) >= 11 is 0. The third-order valence-electron chi connectivity index (χ3n) is 2.81. The van der Waals surface area contributed by atoms with Gasteiger partial charge in [0.25, 0.3) is 0 Å². The summed E-state index contributed by atoms with van der Waals surface area (Å²) in [7, 11) is 1.31. The molecule has 2 rings (SSSR count). The van der Waals surface area contributed by atoms with Crippen molar-refractivity contribution in [3.05, 3.63) is 48.0 Å². The molecular formula is C16H17NO4. The van der Waals surface area contributed by atoms with Gasteiger partial charge < -0.3 is 19.9 Å². The van der Waals surface area contributed by atoms with Crippen LogP contribution in [0.3, 0.4) is 0 Å². The molecule has 5 heteroatoms. The van der Waals surface area contributed by atoms with E-state index in [0.29, 0.717) is 23.8 Å². The van der Waals surface area contributed by atoms with Gasteiger partial charge in [0, 0.05) is 0 Å². The first-order valence-electron chi connectivity index (χ1n) is 6.53. The summed E-state index contributed by atoms with van der Waals surface area (Å²) < 4.78 is 16.0. The monoisotopic (exact) mass is 287 g/mol. The lowest BCUT2D eigenvalue weighted by molar-refractivity contribution is 0.0598. The summed E-state index contributed by atoms with van der Waals surface area (Å²) in [5.74, 6) is 0.823. The van der Waals surface area contributed by atoms with Crippen LogP contribution in [0.5, 0.6) is 17.2 Å². The van der Waals surface area contributed by atoms with Crippen LogP contribution >= 0.6 is 0 Å². The number of ether oxygens (including phenoxy) is 3. The van der Waals surface area contributed by atoms with Crippen LogP contribution in [0.2, 0.25) is 0 Å². The highest BCUT2D eigenvalue weighted by Gasteiger charge is 2.17. The lowest BCUT2D eigenvalue weighted by Gasteiger charge is -2.15. The van der Waals surface area contributed by atoms with Crippen LogP contribution in [0, 0.1) is 0 Å². The summed E-state index contributed by atoms with van der Waals surface area (Å²) in [6.45, 7) is 2.39. The van der Waals surface area contributed by atoms with Crippen molar-refractivity contribution in [1.82, 2.24) is 0 Å². The van der Waals surface area contributed by atoms with Gasteiger partial charge in [0.1, 0.15) is 5.56 Å². The Labute approximate surface area is 123 Å². The van der Waals surface area contributed by atoms with E-state index in [2.05, 4.69) is 0 Å². The molecule has 5 nitrogen and oxygen atoms in total. The van der Waals surface area contributed by atoms with Gasteiger partial charge in [0.15, 0.2) is 17.2 Å². The molecular weight excluding hydrogens is 270 g/mol. The Morgan fingerprint density at radius 3 is 2.48 bits per heavy atom. The zero-order chi connectivity index (χ0) is 15.2. The highest BCUT2D eigenvalue weighted by atomic mass is 16.5. The number of anilines is 1. The third kappa shape index (κ3) is 3.25. The van der Waals surface area contributed by atoms with Crippen molar-refractivity contribution in [3.8, 4) is 17.2 Å². The molecule has 21 heavy (non-hydrogen) atoms. The van der Waals surface area contributed by atoms with Crippen molar-refractivity contribution < 1.29 is 19.0 Å². The van der Waals surface area contributed by atoms with Gasteiger partial charge in [-0.25, -0.2) is 4.79 Å². The number of nitrogens with two attached hydrogens (primary N) is 1. The van der Waals surface area contributed by atoms with E-state index in [9.17, 15) is 4.79 Å². The Balaban J connectivity index is 2.42. The smallest absolute Gasteiger partial charge is 0.341 e. The normalized spacial score (nSPS) is 10.0. The Morgan fingerprint density at radius 2 is 1.81 bits per heavy atom. The summed E-state index contributed by atoms with van der Waals surface area (Å²) in [6, 6.07) is 12.1. The van der Waals surface area contributed by atoms with Gasteiger partial charge >= 0.3 is 5.97 Å². The number of esters is 1. The van der Waals surface area contributed by atoms with E-state index >= 15 is 0 Å². The summed E-state index contributed by atoms with van der Waals surface area (Å²) in [6.07, 6.45) is 0. The Bertz CT molecular complexity index is 640. The molecule has 0 aliphatic rings. The molecule has 0 aliphatic heterocycles. The molecule has 0 aliphatic carbocycles. The Kier molecular flexibility index (Phi) is 4.66. The van der Waals surface area contributed by atoms with Crippen LogP contribution in [0.15, 0.2) is 42.5 Å². The van der Waals surface area contributed by atoms with Crippen molar-refractivity contribution in [2.45, 2.75) is 6.92 Å². The van der Waals surface area contributed by atoms with Crippen molar-refractivity contribution in [3.63, 3.8) is 0 Å². The quantitative estimate of drug-likeness (QED) is 0.675. The number of methoxy groups -OCH3 is 1. The second-order valence-corrected chi connectivity index (χ2v) is 4.20. The van der Waals surface area contributed by atoms with Gasteiger partial charge in [-0.1, -0.05) is 18.2 Å².